The molecule has 0 amide bonds. The van der Waals surface area contributed by atoms with Crippen molar-refractivity contribution in [2.45, 2.75) is 44.6 Å². The van der Waals surface area contributed by atoms with Gasteiger partial charge in [0.05, 0.1) is 11.5 Å². The molecule has 0 spiro atoms. The fourth-order valence-corrected chi connectivity index (χ4v) is 4.04. The summed E-state index contributed by atoms with van der Waals surface area (Å²) in [6, 6.07) is 6.70. The number of carbonyl (C=O) groups is 1. The van der Waals surface area contributed by atoms with E-state index in [9.17, 15) is 14.3 Å². The maximum atomic E-state index is 13.2. The molecule has 1 aromatic carbocycles. The lowest BCUT2D eigenvalue weighted by atomic mass is 9.81. The number of hydrogen-bond acceptors (Lipinski definition) is 3. The predicted molar refractivity (Wildman–Crippen MR) is 89.5 cm³/mol. The van der Waals surface area contributed by atoms with E-state index in [1.54, 1.807) is 0 Å². The van der Waals surface area contributed by atoms with Gasteiger partial charge in [0.25, 0.3) is 0 Å². The molecule has 2 aliphatic rings. The summed E-state index contributed by atoms with van der Waals surface area (Å²) in [7, 11) is 0. The Bertz CT molecular complexity index is 576. The molecule has 2 heterocycles. The smallest absolute Gasteiger partial charge is 0.310 e. The van der Waals surface area contributed by atoms with Gasteiger partial charge in [0.1, 0.15) is 5.82 Å². The van der Waals surface area contributed by atoms with Crippen molar-refractivity contribution in [3.05, 3.63) is 35.6 Å². The largest absolute Gasteiger partial charge is 0.481 e. The Morgan fingerprint density at radius 1 is 1.38 bits per heavy atom. The molecule has 5 heteroatoms. The average molecular weight is 335 g/mol. The molecular weight excluding hydrogens is 309 g/mol. The van der Waals surface area contributed by atoms with Crippen molar-refractivity contribution >= 4 is 5.97 Å². The van der Waals surface area contributed by atoms with Crippen molar-refractivity contribution in [2.75, 3.05) is 26.2 Å². The molecule has 4 nitrogen and oxygen atoms in total. The van der Waals surface area contributed by atoms with Crippen LogP contribution in [0.5, 0.6) is 0 Å². The van der Waals surface area contributed by atoms with Gasteiger partial charge in [-0.15, -0.1) is 0 Å². The first-order valence-electron chi connectivity index (χ1n) is 8.81. The molecule has 3 atom stereocenters. The van der Waals surface area contributed by atoms with Crippen molar-refractivity contribution in [3.63, 3.8) is 0 Å². The lowest BCUT2D eigenvalue weighted by molar-refractivity contribution is -0.152. The van der Waals surface area contributed by atoms with Crippen molar-refractivity contribution in [1.82, 2.24) is 4.90 Å². The van der Waals surface area contributed by atoms with Gasteiger partial charge in [0, 0.05) is 25.6 Å². The van der Waals surface area contributed by atoms with Crippen LogP contribution >= 0.6 is 0 Å². The third-order valence-electron chi connectivity index (χ3n) is 5.47. The number of carboxylic acids is 1. The first-order chi connectivity index (χ1) is 11.5. The maximum Gasteiger partial charge on any atom is 0.310 e. The normalized spacial score (nSPS) is 31.8. The molecule has 2 fully saturated rings. The van der Waals surface area contributed by atoms with Crippen molar-refractivity contribution < 1.29 is 19.0 Å². The van der Waals surface area contributed by atoms with E-state index in [0.717, 1.165) is 50.9 Å². The Kier molecular flexibility index (Phi) is 5.21. The minimum atomic E-state index is -0.716. The van der Waals surface area contributed by atoms with Gasteiger partial charge in [-0.2, -0.15) is 0 Å². The molecule has 0 bridgehead atoms. The van der Waals surface area contributed by atoms with Gasteiger partial charge in [0.15, 0.2) is 0 Å². The summed E-state index contributed by atoms with van der Waals surface area (Å²) in [5, 5.41) is 9.48. The number of benzene rings is 1. The first kappa shape index (κ1) is 17.4. The Balaban J connectivity index is 1.70. The summed E-state index contributed by atoms with van der Waals surface area (Å²) in [6.07, 6.45) is 3.70. The predicted octanol–water partition coefficient (Wildman–Crippen LogP) is 3.28. The van der Waals surface area contributed by atoms with Crippen LogP contribution in [0.3, 0.4) is 0 Å². The second-order valence-electron chi connectivity index (χ2n) is 7.41. The Morgan fingerprint density at radius 3 is 2.83 bits per heavy atom. The highest BCUT2D eigenvalue weighted by molar-refractivity contribution is 5.74. The lowest BCUT2D eigenvalue weighted by Gasteiger charge is -2.41. The van der Waals surface area contributed by atoms with Crippen molar-refractivity contribution in [1.29, 1.82) is 0 Å². The third-order valence-corrected chi connectivity index (χ3v) is 5.47. The standard InChI is InChI=1S/C19H26FNO3/c1-19(18(22)23)9-3-10-21(13-19)12-17-16(4-2-11-24-17)14-5-7-15(20)8-6-14/h5-8,16-17H,2-4,9-13H2,1H3,(H,22,23). The highest BCUT2D eigenvalue weighted by Crippen LogP contribution is 2.34. The van der Waals surface area contributed by atoms with Crippen LogP contribution in [0, 0.1) is 11.2 Å². The van der Waals surface area contributed by atoms with E-state index in [1.165, 1.54) is 12.1 Å². The quantitative estimate of drug-likeness (QED) is 0.917. The minimum Gasteiger partial charge on any atom is -0.481 e. The van der Waals surface area contributed by atoms with Crippen LogP contribution in [-0.4, -0.2) is 48.3 Å². The number of halogens is 1. The zero-order valence-electron chi connectivity index (χ0n) is 14.2. The van der Waals surface area contributed by atoms with E-state index in [2.05, 4.69) is 4.90 Å². The molecule has 3 rings (SSSR count). The number of rotatable bonds is 4. The summed E-state index contributed by atoms with van der Waals surface area (Å²) in [5.74, 6) is -0.690. The molecule has 0 radical (unpaired) electrons. The van der Waals surface area contributed by atoms with Crippen molar-refractivity contribution in [2.24, 2.45) is 5.41 Å². The van der Waals surface area contributed by atoms with Gasteiger partial charge in [-0.05, 0) is 56.8 Å². The van der Waals surface area contributed by atoms with E-state index in [-0.39, 0.29) is 17.8 Å². The number of likely N-dealkylation sites (tertiary alicyclic amines) is 1. The topological polar surface area (TPSA) is 49.8 Å². The Hall–Kier alpha value is -1.46. The van der Waals surface area contributed by atoms with E-state index in [4.69, 9.17) is 4.74 Å². The molecule has 2 saturated heterocycles. The summed E-state index contributed by atoms with van der Waals surface area (Å²) in [6.45, 7) is 4.80. The molecule has 0 saturated carbocycles. The SMILES string of the molecule is CC1(C(=O)O)CCCN(CC2OCCCC2c2ccc(F)cc2)C1. The van der Waals surface area contributed by atoms with Crippen LogP contribution in [0.25, 0.3) is 0 Å². The summed E-state index contributed by atoms with van der Waals surface area (Å²) in [4.78, 5) is 13.8. The number of piperidine rings is 1. The summed E-state index contributed by atoms with van der Waals surface area (Å²) in [5.41, 5.74) is 0.442. The van der Waals surface area contributed by atoms with Gasteiger partial charge in [-0.1, -0.05) is 12.1 Å². The third kappa shape index (κ3) is 3.78. The molecular formula is C19H26FNO3. The number of aliphatic carboxylic acids is 1. The summed E-state index contributed by atoms with van der Waals surface area (Å²) >= 11 is 0. The van der Waals surface area contributed by atoms with Gasteiger partial charge in [-0.3, -0.25) is 9.69 Å². The number of hydrogen-bond donors (Lipinski definition) is 1. The van der Waals surface area contributed by atoms with Crippen LogP contribution in [0.2, 0.25) is 0 Å². The van der Waals surface area contributed by atoms with Crippen LogP contribution in [-0.2, 0) is 9.53 Å². The average Bonchev–Trinajstić information content (AvgIpc) is 2.56. The van der Waals surface area contributed by atoms with Gasteiger partial charge >= 0.3 is 5.97 Å². The zero-order chi connectivity index (χ0) is 17.2. The summed E-state index contributed by atoms with van der Waals surface area (Å²) < 4.78 is 19.2. The van der Waals surface area contributed by atoms with E-state index in [0.29, 0.717) is 6.54 Å². The highest BCUT2D eigenvalue weighted by atomic mass is 19.1. The second-order valence-corrected chi connectivity index (χ2v) is 7.41. The van der Waals surface area contributed by atoms with Crippen LogP contribution in [0.15, 0.2) is 24.3 Å². The number of ether oxygens (including phenoxy) is 1. The van der Waals surface area contributed by atoms with Crippen LogP contribution in [0.1, 0.15) is 44.1 Å². The Morgan fingerprint density at radius 2 is 2.12 bits per heavy atom. The monoisotopic (exact) mass is 335 g/mol. The molecule has 3 unspecified atom stereocenters. The molecule has 1 N–H and O–H groups in total. The zero-order valence-corrected chi connectivity index (χ0v) is 14.2. The lowest BCUT2D eigenvalue weighted by Crippen LogP contribution is -2.49. The van der Waals surface area contributed by atoms with E-state index in [1.807, 2.05) is 19.1 Å². The van der Waals surface area contributed by atoms with Gasteiger partial charge < -0.3 is 9.84 Å². The second kappa shape index (κ2) is 7.19. The fraction of sp³-hybridized carbons (Fsp3) is 0.632. The molecule has 2 aliphatic heterocycles. The molecule has 0 aliphatic carbocycles. The molecule has 0 aromatic heterocycles. The van der Waals surface area contributed by atoms with Crippen LogP contribution in [0.4, 0.5) is 4.39 Å². The van der Waals surface area contributed by atoms with Crippen molar-refractivity contribution in [3.8, 4) is 0 Å². The first-order valence-corrected chi connectivity index (χ1v) is 8.81. The van der Waals surface area contributed by atoms with Gasteiger partial charge in [0.2, 0.25) is 0 Å². The molecule has 132 valence electrons. The molecule has 1 aromatic rings. The van der Waals surface area contributed by atoms with Crippen LogP contribution < -0.4 is 0 Å². The maximum absolute atomic E-state index is 13.2. The van der Waals surface area contributed by atoms with E-state index < -0.39 is 11.4 Å². The number of carboxylic acid groups (broad SMARTS) is 1. The highest BCUT2D eigenvalue weighted by Gasteiger charge is 2.39. The Labute approximate surface area is 142 Å². The minimum absolute atomic E-state index is 0.0420. The van der Waals surface area contributed by atoms with E-state index >= 15 is 0 Å². The van der Waals surface area contributed by atoms with Gasteiger partial charge in [-0.25, -0.2) is 4.39 Å². The molecule has 24 heavy (non-hydrogen) atoms. The number of nitrogens with zero attached hydrogens (tertiary/aromatic N) is 1. The fourth-order valence-electron chi connectivity index (χ4n) is 4.04.